The van der Waals surface area contributed by atoms with Crippen LogP contribution in [-0.4, -0.2) is 28.5 Å². The Hall–Kier alpha value is -1.40. The first-order chi connectivity index (χ1) is 8.31. The molecule has 2 N–H and O–H groups in total. The Balaban J connectivity index is 1.97. The van der Waals surface area contributed by atoms with Crippen LogP contribution in [0.25, 0.3) is 0 Å². The minimum atomic E-state index is 0.415. The first-order valence-electron chi connectivity index (χ1n) is 5.10. The summed E-state index contributed by atoms with van der Waals surface area (Å²) in [5.74, 6) is 0.711. The Bertz CT molecular complexity index is 474. The molecule has 0 fully saturated rings. The number of thiazole rings is 1. The summed E-state index contributed by atoms with van der Waals surface area (Å²) < 4.78 is 0. The monoisotopic (exact) mass is 269 g/mol. The largest absolute Gasteiger partial charge is 0.383 e. The maximum Gasteiger partial charge on any atom is 0.157 e. The summed E-state index contributed by atoms with van der Waals surface area (Å²) in [5, 5.41) is 8.64. The zero-order valence-corrected chi connectivity index (χ0v) is 10.8. The van der Waals surface area contributed by atoms with Gasteiger partial charge in [0.1, 0.15) is 12.0 Å². The maximum atomic E-state index is 5.94. The summed E-state index contributed by atoms with van der Waals surface area (Å²) in [6.45, 7) is 0.756. The van der Waals surface area contributed by atoms with Gasteiger partial charge in [0.05, 0.1) is 11.2 Å². The van der Waals surface area contributed by atoms with Crippen LogP contribution in [0.5, 0.6) is 0 Å². The van der Waals surface area contributed by atoms with E-state index in [1.54, 1.807) is 18.4 Å². The molecule has 0 saturated carbocycles. The highest BCUT2D eigenvalue weighted by molar-refractivity contribution is 7.07. The molecule has 2 heterocycles. The van der Waals surface area contributed by atoms with Gasteiger partial charge in [-0.3, -0.25) is 0 Å². The Morgan fingerprint density at radius 1 is 1.35 bits per heavy atom. The van der Waals surface area contributed by atoms with Crippen LogP contribution in [0.15, 0.2) is 17.2 Å². The number of hydrogen-bond acceptors (Lipinski definition) is 6. The molecule has 0 aliphatic carbocycles. The quantitative estimate of drug-likeness (QED) is 0.816. The van der Waals surface area contributed by atoms with Crippen LogP contribution in [-0.2, 0) is 6.42 Å². The zero-order chi connectivity index (χ0) is 12.1. The van der Waals surface area contributed by atoms with Crippen molar-refractivity contribution >= 4 is 34.4 Å². The molecule has 2 rings (SSSR count). The highest BCUT2D eigenvalue weighted by Crippen LogP contribution is 2.25. The van der Waals surface area contributed by atoms with Gasteiger partial charge in [-0.2, -0.15) is 0 Å². The van der Waals surface area contributed by atoms with Gasteiger partial charge in [-0.15, -0.1) is 11.3 Å². The normalized spacial score (nSPS) is 10.2. The van der Waals surface area contributed by atoms with Crippen molar-refractivity contribution < 1.29 is 0 Å². The summed E-state index contributed by atoms with van der Waals surface area (Å²) in [6.07, 6.45) is 2.29. The van der Waals surface area contributed by atoms with Crippen molar-refractivity contribution in [3.05, 3.63) is 28.1 Å². The molecule has 0 aliphatic heterocycles. The third kappa shape index (κ3) is 3.04. The molecular weight excluding hydrogens is 258 g/mol. The summed E-state index contributed by atoms with van der Waals surface area (Å²) in [5.41, 5.74) is 3.62. The van der Waals surface area contributed by atoms with Crippen LogP contribution in [0.1, 0.15) is 5.69 Å². The third-order valence-electron chi connectivity index (χ3n) is 2.21. The van der Waals surface area contributed by atoms with Crippen molar-refractivity contribution in [1.82, 2.24) is 15.0 Å². The van der Waals surface area contributed by atoms with Gasteiger partial charge < -0.3 is 10.6 Å². The zero-order valence-electron chi connectivity index (χ0n) is 9.27. The SMILES string of the molecule is CNc1c(Cl)ncnc1NCCc1cscn1. The van der Waals surface area contributed by atoms with Crippen LogP contribution in [0.3, 0.4) is 0 Å². The van der Waals surface area contributed by atoms with E-state index in [2.05, 4.69) is 25.6 Å². The summed E-state index contributed by atoms with van der Waals surface area (Å²) in [7, 11) is 1.79. The number of anilines is 2. The minimum Gasteiger partial charge on any atom is -0.383 e. The number of aromatic nitrogens is 3. The highest BCUT2D eigenvalue weighted by Gasteiger charge is 2.07. The fraction of sp³-hybridized carbons (Fsp3) is 0.300. The van der Waals surface area contributed by atoms with E-state index in [4.69, 9.17) is 11.6 Å². The molecule has 2 aromatic heterocycles. The van der Waals surface area contributed by atoms with Gasteiger partial charge in [0.15, 0.2) is 11.0 Å². The van der Waals surface area contributed by atoms with Crippen molar-refractivity contribution in [2.24, 2.45) is 0 Å². The van der Waals surface area contributed by atoms with Crippen molar-refractivity contribution in [3.63, 3.8) is 0 Å². The van der Waals surface area contributed by atoms with Crippen LogP contribution in [0, 0.1) is 0 Å². The molecule has 0 spiro atoms. The molecule has 0 aromatic carbocycles. The number of halogens is 1. The molecule has 0 aliphatic rings. The van der Waals surface area contributed by atoms with E-state index in [1.165, 1.54) is 6.33 Å². The molecule has 17 heavy (non-hydrogen) atoms. The number of nitrogens with one attached hydrogen (secondary N) is 2. The van der Waals surface area contributed by atoms with Gasteiger partial charge in [0.25, 0.3) is 0 Å². The second-order valence-electron chi connectivity index (χ2n) is 3.29. The van der Waals surface area contributed by atoms with Gasteiger partial charge in [-0.25, -0.2) is 15.0 Å². The molecule has 0 atom stereocenters. The highest BCUT2D eigenvalue weighted by atomic mass is 35.5. The van der Waals surface area contributed by atoms with Crippen molar-refractivity contribution in [2.45, 2.75) is 6.42 Å². The second-order valence-corrected chi connectivity index (χ2v) is 4.37. The molecule has 7 heteroatoms. The maximum absolute atomic E-state index is 5.94. The lowest BCUT2D eigenvalue weighted by atomic mass is 10.3. The number of nitrogens with zero attached hydrogens (tertiary/aromatic N) is 3. The number of rotatable bonds is 5. The first kappa shape index (κ1) is 12.1. The smallest absolute Gasteiger partial charge is 0.157 e. The Kier molecular flexibility index (Phi) is 4.11. The van der Waals surface area contributed by atoms with E-state index >= 15 is 0 Å². The van der Waals surface area contributed by atoms with E-state index in [0.717, 1.165) is 18.7 Å². The van der Waals surface area contributed by atoms with Gasteiger partial charge >= 0.3 is 0 Å². The van der Waals surface area contributed by atoms with Gasteiger partial charge in [-0.1, -0.05) is 11.6 Å². The average molecular weight is 270 g/mol. The predicted molar refractivity (Wildman–Crippen MR) is 70.9 cm³/mol. The molecule has 90 valence electrons. The van der Waals surface area contributed by atoms with Crippen molar-refractivity contribution in [2.75, 3.05) is 24.2 Å². The van der Waals surface area contributed by atoms with Crippen molar-refractivity contribution in [1.29, 1.82) is 0 Å². The van der Waals surface area contributed by atoms with E-state index in [9.17, 15) is 0 Å². The second kappa shape index (κ2) is 5.79. The molecular formula is C10H12ClN5S. The van der Waals surface area contributed by atoms with E-state index < -0.39 is 0 Å². The molecule has 0 unspecified atom stereocenters. The van der Waals surface area contributed by atoms with Crippen LogP contribution >= 0.6 is 22.9 Å². The Morgan fingerprint density at radius 2 is 2.24 bits per heavy atom. The fourth-order valence-corrected chi connectivity index (χ4v) is 2.21. The standard InChI is InChI=1S/C10H12ClN5S/c1-12-8-9(11)14-5-15-10(8)13-3-2-7-4-17-6-16-7/h4-6,12H,2-3H2,1H3,(H,13,14,15). The predicted octanol–water partition coefficient (Wildman–Crippen LogP) is 2.28. The Morgan fingerprint density at radius 3 is 2.94 bits per heavy atom. The summed E-state index contributed by atoms with van der Waals surface area (Å²) in [4.78, 5) is 12.3. The Labute approximate surface area is 108 Å². The summed E-state index contributed by atoms with van der Waals surface area (Å²) >= 11 is 7.54. The lowest BCUT2D eigenvalue weighted by Gasteiger charge is -2.10. The van der Waals surface area contributed by atoms with E-state index in [0.29, 0.717) is 16.7 Å². The van der Waals surface area contributed by atoms with Crippen LogP contribution < -0.4 is 10.6 Å². The third-order valence-corrected chi connectivity index (χ3v) is 3.13. The molecule has 0 bridgehead atoms. The average Bonchev–Trinajstić information content (AvgIpc) is 2.82. The first-order valence-corrected chi connectivity index (χ1v) is 6.42. The molecule has 0 radical (unpaired) electrons. The topological polar surface area (TPSA) is 62.7 Å². The van der Waals surface area contributed by atoms with Crippen LogP contribution in [0.2, 0.25) is 5.15 Å². The van der Waals surface area contributed by atoms with Crippen molar-refractivity contribution in [3.8, 4) is 0 Å². The molecule has 0 amide bonds. The molecule has 5 nitrogen and oxygen atoms in total. The van der Waals surface area contributed by atoms with Crippen LogP contribution in [0.4, 0.5) is 11.5 Å². The fourth-order valence-electron chi connectivity index (χ4n) is 1.39. The van der Waals surface area contributed by atoms with Gasteiger partial charge in [0, 0.05) is 25.4 Å². The number of hydrogen-bond donors (Lipinski definition) is 2. The van der Waals surface area contributed by atoms with E-state index in [-0.39, 0.29) is 0 Å². The van der Waals surface area contributed by atoms with Gasteiger partial charge in [0.2, 0.25) is 0 Å². The summed E-state index contributed by atoms with van der Waals surface area (Å²) in [6, 6.07) is 0. The molecule has 0 saturated heterocycles. The van der Waals surface area contributed by atoms with E-state index in [1.807, 2.05) is 10.9 Å². The molecule has 2 aromatic rings. The minimum absolute atomic E-state index is 0.415. The van der Waals surface area contributed by atoms with Gasteiger partial charge in [-0.05, 0) is 0 Å². The lowest BCUT2D eigenvalue weighted by molar-refractivity contribution is 0.964. The lowest BCUT2D eigenvalue weighted by Crippen LogP contribution is -2.09.